The highest BCUT2D eigenvalue weighted by Gasteiger charge is 2.15. The van der Waals surface area contributed by atoms with E-state index in [1.54, 1.807) is 0 Å². The van der Waals surface area contributed by atoms with Crippen LogP contribution in [0.3, 0.4) is 0 Å². The molecule has 2 aromatic rings. The van der Waals surface area contributed by atoms with E-state index in [0.29, 0.717) is 6.10 Å². The van der Waals surface area contributed by atoms with Gasteiger partial charge in [0.05, 0.1) is 0 Å². The molecule has 3 rings (SSSR count). The summed E-state index contributed by atoms with van der Waals surface area (Å²) in [7, 11) is 0. The Morgan fingerprint density at radius 2 is 2.00 bits per heavy atom. The van der Waals surface area contributed by atoms with Gasteiger partial charge in [0.25, 0.3) is 0 Å². The van der Waals surface area contributed by atoms with Crippen LogP contribution in [-0.4, -0.2) is 24.2 Å². The van der Waals surface area contributed by atoms with Crippen molar-refractivity contribution in [2.45, 2.75) is 18.9 Å². The molecule has 1 saturated heterocycles. The zero-order valence-corrected chi connectivity index (χ0v) is 9.20. The van der Waals surface area contributed by atoms with Crippen molar-refractivity contribution < 1.29 is 4.74 Å². The fourth-order valence-corrected chi connectivity index (χ4v) is 2.25. The topological polar surface area (TPSA) is 37.0 Å². The number of ether oxygens (including phenoxy) is 1. The molecule has 16 heavy (non-hydrogen) atoms. The molecule has 1 aromatic heterocycles. The molecule has 0 atom stereocenters. The molecule has 0 bridgehead atoms. The van der Waals surface area contributed by atoms with Crippen molar-refractivity contribution in [1.82, 2.24) is 10.3 Å². The summed E-state index contributed by atoms with van der Waals surface area (Å²) >= 11 is 0. The van der Waals surface area contributed by atoms with E-state index in [9.17, 15) is 0 Å². The van der Waals surface area contributed by atoms with Gasteiger partial charge in [0.15, 0.2) is 0 Å². The van der Waals surface area contributed by atoms with Crippen molar-refractivity contribution in [1.29, 1.82) is 0 Å². The molecule has 2 N–H and O–H groups in total. The third-order valence-corrected chi connectivity index (χ3v) is 3.13. The summed E-state index contributed by atoms with van der Waals surface area (Å²) in [6, 6.07) is 8.24. The minimum absolute atomic E-state index is 0.363. The molecule has 0 spiro atoms. The summed E-state index contributed by atoms with van der Waals surface area (Å²) in [4.78, 5) is 3.20. The van der Waals surface area contributed by atoms with Gasteiger partial charge in [-0.15, -0.1) is 0 Å². The normalized spacial score (nSPS) is 17.8. The molecule has 1 aliphatic rings. The van der Waals surface area contributed by atoms with Gasteiger partial charge in [0, 0.05) is 17.1 Å². The van der Waals surface area contributed by atoms with Crippen LogP contribution < -0.4 is 10.1 Å². The number of nitrogens with one attached hydrogen (secondary N) is 2. The Morgan fingerprint density at radius 3 is 2.88 bits per heavy atom. The van der Waals surface area contributed by atoms with Crippen molar-refractivity contribution >= 4 is 10.9 Å². The number of piperidine rings is 1. The Hall–Kier alpha value is -1.48. The van der Waals surface area contributed by atoms with Crippen LogP contribution in [0.15, 0.2) is 30.5 Å². The number of hydrogen-bond acceptors (Lipinski definition) is 2. The molecule has 0 aliphatic carbocycles. The predicted molar refractivity (Wildman–Crippen MR) is 64.8 cm³/mol. The van der Waals surface area contributed by atoms with Crippen molar-refractivity contribution in [2.24, 2.45) is 0 Å². The van der Waals surface area contributed by atoms with Gasteiger partial charge in [-0.25, -0.2) is 0 Å². The Balaban J connectivity index is 1.85. The molecule has 0 unspecified atom stereocenters. The van der Waals surface area contributed by atoms with Crippen LogP contribution in [0.2, 0.25) is 0 Å². The van der Waals surface area contributed by atoms with Crippen LogP contribution >= 0.6 is 0 Å². The zero-order chi connectivity index (χ0) is 10.8. The van der Waals surface area contributed by atoms with Crippen molar-refractivity contribution in [3.05, 3.63) is 30.5 Å². The molecule has 1 fully saturated rings. The number of aromatic amines is 1. The third-order valence-electron chi connectivity index (χ3n) is 3.13. The van der Waals surface area contributed by atoms with Crippen LogP contribution in [0, 0.1) is 0 Å². The minimum Gasteiger partial charge on any atom is -0.490 e. The summed E-state index contributed by atoms with van der Waals surface area (Å²) in [5.74, 6) is 1.01. The fraction of sp³-hybridized carbons (Fsp3) is 0.385. The van der Waals surface area contributed by atoms with Gasteiger partial charge in [-0.3, -0.25) is 0 Å². The lowest BCUT2D eigenvalue weighted by Gasteiger charge is -2.24. The van der Waals surface area contributed by atoms with Gasteiger partial charge in [-0.1, -0.05) is 6.07 Å². The Bertz CT molecular complexity index is 471. The summed E-state index contributed by atoms with van der Waals surface area (Å²) in [5, 5.41) is 4.53. The van der Waals surface area contributed by atoms with Crippen molar-refractivity contribution in [3.63, 3.8) is 0 Å². The Morgan fingerprint density at radius 1 is 1.12 bits per heavy atom. The van der Waals surface area contributed by atoms with E-state index in [1.807, 2.05) is 12.3 Å². The van der Waals surface area contributed by atoms with Gasteiger partial charge in [-0.2, -0.15) is 0 Å². The number of aromatic nitrogens is 1. The Kier molecular flexibility index (Phi) is 2.54. The highest BCUT2D eigenvalue weighted by Crippen LogP contribution is 2.26. The van der Waals surface area contributed by atoms with E-state index in [-0.39, 0.29) is 0 Å². The number of fused-ring (bicyclic) bond motifs is 1. The first kappa shape index (κ1) is 9.73. The molecular formula is C13H16N2O. The largest absolute Gasteiger partial charge is 0.490 e. The highest BCUT2D eigenvalue weighted by atomic mass is 16.5. The van der Waals surface area contributed by atoms with E-state index >= 15 is 0 Å². The van der Waals surface area contributed by atoms with Gasteiger partial charge < -0.3 is 15.0 Å². The SMILES string of the molecule is c1cc(OC2CCNCC2)c2cc[nH]c2c1. The molecule has 0 saturated carbocycles. The second kappa shape index (κ2) is 4.18. The number of H-pyrrole nitrogens is 1. The number of hydrogen-bond donors (Lipinski definition) is 2. The molecule has 0 radical (unpaired) electrons. The second-order valence-corrected chi connectivity index (χ2v) is 4.26. The van der Waals surface area contributed by atoms with E-state index in [2.05, 4.69) is 28.5 Å². The standard InChI is InChI=1S/C13H16N2O/c1-2-12-11(6-9-15-12)13(3-1)16-10-4-7-14-8-5-10/h1-3,6,9-10,14-15H,4-5,7-8H2. The third kappa shape index (κ3) is 1.78. The lowest BCUT2D eigenvalue weighted by atomic mass is 10.1. The fourth-order valence-electron chi connectivity index (χ4n) is 2.25. The van der Waals surface area contributed by atoms with E-state index in [1.165, 1.54) is 5.39 Å². The van der Waals surface area contributed by atoms with Crippen LogP contribution in [-0.2, 0) is 0 Å². The van der Waals surface area contributed by atoms with Crippen LogP contribution in [0.1, 0.15) is 12.8 Å². The minimum atomic E-state index is 0.363. The van der Waals surface area contributed by atoms with Gasteiger partial charge in [0.2, 0.25) is 0 Å². The van der Waals surface area contributed by atoms with Crippen LogP contribution in [0.5, 0.6) is 5.75 Å². The van der Waals surface area contributed by atoms with Crippen molar-refractivity contribution in [2.75, 3.05) is 13.1 Å². The first-order valence-corrected chi connectivity index (χ1v) is 5.87. The summed E-state index contributed by atoms with van der Waals surface area (Å²) < 4.78 is 6.07. The molecule has 1 aliphatic heterocycles. The zero-order valence-electron chi connectivity index (χ0n) is 9.20. The Labute approximate surface area is 94.8 Å². The van der Waals surface area contributed by atoms with E-state index < -0.39 is 0 Å². The second-order valence-electron chi connectivity index (χ2n) is 4.26. The highest BCUT2D eigenvalue weighted by molar-refractivity contribution is 5.85. The van der Waals surface area contributed by atoms with Gasteiger partial charge >= 0.3 is 0 Å². The average molecular weight is 216 g/mol. The molecule has 3 nitrogen and oxygen atoms in total. The summed E-state index contributed by atoms with van der Waals surface area (Å²) in [6.45, 7) is 2.13. The molecule has 3 heteroatoms. The summed E-state index contributed by atoms with van der Waals surface area (Å²) in [6.07, 6.45) is 4.52. The summed E-state index contributed by atoms with van der Waals surface area (Å²) in [5.41, 5.74) is 1.14. The average Bonchev–Trinajstić information content (AvgIpc) is 2.80. The van der Waals surface area contributed by atoms with Crippen LogP contribution in [0.4, 0.5) is 0 Å². The molecule has 0 amide bonds. The number of rotatable bonds is 2. The first-order chi connectivity index (χ1) is 7.93. The lowest BCUT2D eigenvalue weighted by molar-refractivity contribution is 0.164. The molecule has 2 heterocycles. The van der Waals surface area contributed by atoms with Crippen LogP contribution in [0.25, 0.3) is 10.9 Å². The maximum Gasteiger partial charge on any atom is 0.129 e. The van der Waals surface area contributed by atoms with Gasteiger partial charge in [0.1, 0.15) is 11.9 Å². The predicted octanol–water partition coefficient (Wildman–Crippen LogP) is 2.30. The van der Waals surface area contributed by atoms with E-state index in [4.69, 9.17) is 4.74 Å². The first-order valence-electron chi connectivity index (χ1n) is 5.87. The van der Waals surface area contributed by atoms with Gasteiger partial charge in [-0.05, 0) is 44.1 Å². The quantitative estimate of drug-likeness (QED) is 0.808. The molecule has 1 aromatic carbocycles. The molecular weight excluding hydrogens is 200 g/mol. The monoisotopic (exact) mass is 216 g/mol. The maximum atomic E-state index is 6.07. The van der Waals surface area contributed by atoms with Crippen molar-refractivity contribution in [3.8, 4) is 5.75 Å². The number of benzene rings is 1. The smallest absolute Gasteiger partial charge is 0.129 e. The van der Waals surface area contributed by atoms with E-state index in [0.717, 1.165) is 37.2 Å². The molecule has 84 valence electrons. The lowest BCUT2D eigenvalue weighted by Crippen LogP contribution is -2.34. The maximum absolute atomic E-state index is 6.07.